The maximum Gasteiger partial charge on any atom is 0.408 e. The lowest BCUT2D eigenvalue weighted by molar-refractivity contribution is -0.139. The first kappa shape index (κ1) is 17.6. The van der Waals surface area contributed by atoms with Crippen molar-refractivity contribution in [1.82, 2.24) is 5.32 Å². The molecule has 0 unspecified atom stereocenters. The van der Waals surface area contributed by atoms with Gasteiger partial charge in [-0.3, -0.25) is 0 Å². The summed E-state index contributed by atoms with van der Waals surface area (Å²) in [5, 5.41) is 13.6. The molecule has 24 heavy (non-hydrogen) atoms. The summed E-state index contributed by atoms with van der Waals surface area (Å²) in [6, 6.07) is 9.93. The molecule has 0 aliphatic heterocycles. The van der Waals surface area contributed by atoms with Crippen molar-refractivity contribution in [3.8, 4) is 0 Å². The van der Waals surface area contributed by atoms with E-state index in [0.29, 0.717) is 5.69 Å². The van der Waals surface area contributed by atoms with Gasteiger partial charge in [0.2, 0.25) is 0 Å². The number of amides is 1. The highest BCUT2D eigenvalue weighted by atomic mass is 16.6. The number of anilines is 1. The van der Waals surface area contributed by atoms with Crippen LogP contribution < -0.4 is 11.1 Å². The molecule has 0 aliphatic rings. The minimum atomic E-state index is -1.12. The predicted molar refractivity (Wildman–Crippen MR) is 92.9 cm³/mol. The second-order valence-electron chi connectivity index (χ2n) is 6.60. The fourth-order valence-corrected chi connectivity index (χ4v) is 2.43. The number of carboxylic acids is 1. The Kier molecular flexibility index (Phi) is 4.97. The highest BCUT2D eigenvalue weighted by molar-refractivity contribution is 5.95. The van der Waals surface area contributed by atoms with Crippen molar-refractivity contribution in [3.05, 3.63) is 42.0 Å². The average molecular weight is 330 g/mol. The van der Waals surface area contributed by atoms with Crippen LogP contribution in [-0.4, -0.2) is 28.8 Å². The number of hydrogen-bond donors (Lipinski definition) is 3. The summed E-state index contributed by atoms with van der Waals surface area (Å²) in [4.78, 5) is 23.4. The van der Waals surface area contributed by atoms with Crippen molar-refractivity contribution in [2.24, 2.45) is 0 Å². The van der Waals surface area contributed by atoms with Crippen molar-refractivity contribution in [2.75, 3.05) is 5.73 Å². The molecule has 0 aromatic heterocycles. The second kappa shape index (κ2) is 6.78. The summed E-state index contributed by atoms with van der Waals surface area (Å²) >= 11 is 0. The van der Waals surface area contributed by atoms with E-state index in [2.05, 4.69) is 5.32 Å². The van der Waals surface area contributed by atoms with Crippen molar-refractivity contribution in [3.63, 3.8) is 0 Å². The van der Waals surface area contributed by atoms with Gasteiger partial charge in [-0.05, 0) is 37.8 Å². The molecular formula is C18H22N2O4. The molecule has 2 rings (SSSR count). The van der Waals surface area contributed by atoms with Gasteiger partial charge < -0.3 is 20.9 Å². The van der Waals surface area contributed by atoms with Crippen LogP contribution in [0.15, 0.2) is 36.4 Å². The van der Waals surface area contributed by atoms with Gasteiger partial charge in [0.1, 0.15) is 11.6 Å². The summed E-state index contributed by atoms with van der Waals surface area (Å²) in [6.07, 6.45) is -0.621. The Bertz CT molecular complexity index is 765. The van der Waals surface area contributed by atoms with Crippen molar-refractivity contribution < 1.29 is 19.4 Å². The van der Waals surface area contributed by atoms with E-state index in [1.165, 1.54) is 0 Å². The number of ether oxygens (including phenoxy) is 1. The number of carboxylic acid groups (broad SMARTS) is 1. The Labute approximate surface area is 140 Å². The molecule has 0 bridgehead atoms. The number of carbonyl (C=O) groups excluding carboxylic acids is 1. The fraction of sp³-hybridized carbons (Fsp3) is 0.333. The molecule has 2 aromatic rings. The maximum atomic E-state index is 11.9. The minimum absolute atomic E-state index is 0.134. The first-order valence-electron chi connectivity index (χ1n) is 7.66. The topological polar surface area (TPSA) is 102 Å². The third-order valence-electron chi connectivity index (χ3n) is 3.46. The highest BCUT2D eigenvalue weighted by Gasteiger charge is 2.24. The maximum absolute atomic E-state index is 11.9. The van der Waals surface area contributed by atoms with Crippen LogP contribution in [-0.2, 0) is 16.0 Å². The Morgan fingerprint density at radius 2 is 1.79 bits per heavy atom. The van der Waals surface area contributed by atoms with Crippen LogP contribution in [0.5, 0.6) is 0 Å². The molecular weight excluding hydrogens is 308 g/mol. The van der Waals surface area contributed by atoms with Gasteiger partial charge in [-0.15, -0.1) is 0 Å². The molecule has 1 atom stereocenters. The number of benzene rings is 2. The number of aliphatic carboxylic acids is 1. The van der Waals surface area contributed by atoms with Crippen LogP contribution in [0, 0.1) is 0 Å². The molecule has 4 N–H and O–H groups in total. The molecule has 0 fully saturated rings. The smallest absolute Gasteiger partial charge is 0.408 e. The number of nitrogens with two attached hydrogens (primary N) is 1. The van der Waals surface area contributed by atoms with Gasteiger partial charge in [-0.1, -0.05) is 30.3 Å². The van der Waals surface area contributed by atoms with Gasteiger partial charge in [0.25, 0.3) is 0 Å². The number of carbonyl (C=O) groups is 2. The third-order valence-corrected chi connectivity index (χ3v) is 3.46. The van der Waals surface area contributed by atoms with E-state index < -0.39 is 23.7 Å². The van der Waals surface area contributed by atoms with Crippen molar-refractivity contribution in [2.45, 2.75) is 38.8 Å². The van der Waals surface area contributed by atoms with Crippen LogP contribution >= 0.6 is 0 Å². The van der Waals surface area contributed by atoms with E-state index in [0.717, 1.165) is 16.3 Å². The SMILES string of the molecule is CC(C)(C)OC(=O)N[C@H](Cc1ccc(N)c2ccccc12)C(=O)O. The molecule has 128 valence electrons. The first-order chi connectivity index (χ1) is 11.2. The monoisotopic (exact) mass is 330 g/mol. The summed E-state index contributed by atoms with van der Waals surface area (Å²) in [6.45, 7) is 5.15. The van der Waals surface area contributed by atoms with Gasteiger partial charge in [-0.2, -0.15) is 0 Å². The minimum Gasteiger partial charge on any atom is -0.480 e. The summed E-state index contributed by atoms with van der Waals surface area (Å²) < 4.78 is 5.13. The van der Waals surface area contributed by atoms with Gasteiger partial charge in [0.05, 0.1) is 0 Å². The van der Waals surface area contributed by atoms with E-state index in [1.807, 2.05) is 24.3 Å². The lowest BCUT2D eigenvalue weighted by Gasteiger charge is -2.22. The van der Waals surface area contributed by atoms with Crippen molar-refractivity contribution in [1.29, 1.82) is 0 Å². The summed E-state index contributed by atoms with van der Waals surface area (Å²) in [5.41, 5.74) is 6.69. The summed E-state index contributed by atoms with van der Waals surface area (Å²) in [5.74, 6) is -1.12. The molecule has 0 heterocycles. The van der Waals surface area contributed by atoms with E-state index in [4.69, 9.17) is 10.5 Å². The van der Waals surface area contributed by atoms with Crippen LogP contribution in [0.1, 0.15) is 26.3 Å². The van der Waals surface area contributed by atoms with E-state index in [-0.39, 0.29) is 6.42 Å². The number of alkyl carbamates (subject to hydrolysis) is 1. The van der Waals surface area contributed by atoms with Gasteiger partial charge in [-0.25, -0.2) is 9.59 Å². The Morgan fingerprint density at radius 3 is 2.38 bits per heavy atom. The van der Waals surface area contributed by atoms with Gasteiger partial charge in [0.15, 0.2) is 0 Å². The van der Waals surface area contributed by atoms with Crippen molar-refractivity contribution >= 4 is 28.5 Å². The lowest BCUT2D eigenvalue weighted by atomic mass is 9.98. The molecule has 0 saturated carbocycles. The molecule has 0 spiro atoms. The number of rotatable bonds is 4. The van der Waals surface area contributed by atoms with Gasteiger partial charge >= 0.3 is 12.1 Å². The standard InChI is InChI=1S/C18H22N2O4/c1-18(2,3)24-17(23)20-15(16(21)22)10-11-8-9-14(19)13-7-5-4-6-12(11)13/h4-9,15H,10,19H2,1-3H3,(H,20,23)(H,21,22)/t15-/m1/s1. The summed E-state index contributed by atoms with van der Waals surface area (Å²) in [7, 11) is 0. The van der Waals surface area contributed by atoms with E-state index in [9.17, 15) is 14.7 Å². The third kappa shape index (κ3) is 4.38. The number of hydrogen-bond acceptors (Lipinski definition) is 4. The van der Waals surface area contributed by atoms with Crippen LogP contribution in [0.25, 0.3) is 10.8 Å². The number of nitrogen functional groups attached to an aromatic ring is 1. The zero-order chi connectivity index (χ0) is 17.9. The Balaban J connectivity index is 2.24. The normalized spacial score (nSPS) is 12.6. The molecule has 6 nitrogen and oxygen atoms in total. The number of fused-ring (bicyclic) bond motifs is 1. The zero-order valence-corrected chi connectivity index (χ0v) is 14.0. The fourth-order valence-electron chi connectivity index (χ4n) is 2.43. The Hall–Kier alpha value is -2.76. The Morgan fingerprint density at radius 1 is 1.17 bits per heavy atom. The van der Waals surface area contributed by atoms with Crippen LogP contribution in [0.2, 0.25) is 0 Å². The molecule has 1 amide bonds. The zero-order valence-electron chi connectivity index (χ0n) is 14.0. The molecule has 0 aliphatic carbocycles. The molecule has 0 saturated heterocycles. The van der Waals surface area contributed by atoms with Crippen LogP contribution in [0.3, 0.4) is 0 Å². The lowest BCUT2D eigenvalue weighted by Crippen LogP contribution is -2.44. The largest absolute Gasteiger partial charge is 0.480 e. The highest BCUT2D eigenvalue weighted by Crippen LogP contribution is 2.25. The predicted octanol–water partition coefficient (Wildman–Crippen LogP) is 2.94. The number of nitrogens with one attached hydrogen (secondary N) is 1. The average Bonchev–Trinajstić information content (AvgIpc) is 2.47. The molecule has 0 radical (unpaired) electrons. The van der Waals surface area contributed by atoms with Crippen LogP contribution in [0.4, 0.5) is 10.5 Å². The van der Waals surface area contributed by atoms with E-state index in [1.54, 1.807) is 32.9 Å². The first-order valence-corrected chi connectivity index (χ1v) is 7.66. The second-order valence-corrected chi connectivity index (χ2v) is 6.60. The molecule has 2 aromatic carbocycles. The quantitative estimate of drug-likeness (QED) is 0.748. The van der Waals surface area contributed by atoms with Gasteiger partial charge in [0, 0.05) is 17.5 Å². The van der Waals surface area contributed by atoms with E-state index >= 15 is 0 Å². The molecule has 6 heteroatoms.